The van der Waals surface area contributed by atoms with Gasteiger partial charge in [0, 0.05) is 15.8 Å². The van der Waals surface area contributed by atoms with E-state index >= 15 is 0 Å². The molecule has 2 aromatic carbocycles. The molecule has 0 saturated carbocycles. The van der Waals surface area contributed by atoms with Crippen LogP contribution in [0.5, 0.6) is 0 Å². The molecule has 0 aliphatic heterocycles. The van der Waals surface area contributed by atoms with Gasteiger partial charge in [-0.3, -0.25) is 14.3 Å². The maximum Gasteiger partial charge on any atom is 0.234 e. The molecular formula is C21H23BrFN5OS. The van der Waals surface area contributed by atoms with Crippen LogP contribution in [-0.2, 0) is 4.79 Å². The highest BCUT2D eigenvalue weighted by atomic mass is 79.9. The second-order valence-electron chi connectivity index (χ2n) is 7.09. The van der Waals surface area contributed by atoms with Crippen molar-refractivity contribution in [1.29, 1.82) is 0 Å². The maximum atomic E-state index is 13.4. The standard InChI is InChI=1S/C21H23BrFN5OS/c1-13-11-16(7-10-18(13)22)24-19(29)12-30-21-26-25-20(14(2)27(3)4)28(21)17-8-5-15(23)6-9-17/h5-11,14H,12H2,1-4H3,(H,24,29)/t14-/m0/s1. The molecule has 0 unspecified atom stereocenters. The van der Waals surface area contributed by atoms with Crippen molar-refractivity contribution in [3.05, 3.63) is 64.1 Å². The molecule has 0 fully saturated rings. The van der Waals surface area contributed by atoms with Crippen molar-refractivity contribution in [3.63, 3.8) is 0 Å². The lowest BCUT2D eigenvalue weighted by Gasteiger charge is -2.20. The Hall–Kier alpha value is -2.23. The number of carbonyl (C=O) groups excluding carboxylic acids is 1. The summed E-state index contributed by atoms with van der Waals surface area (Å²) in [7, 11) is 3.91. The Bertz CT molecular complexity index is 1040. The van der Waals surface area contributed by atoms with Gasteiger partial charge in [-0.05, 0) is 76.0 Å². The second-order valence-corrected chi connectivity index (χ2v) is 8.89. The summed E-state index contributed by atoms with van der Waals surface area (Å²) in [6, 6.07) is 11.8. The third kappa shape index (κ3) is 5.27. The van der Waals surface area contributed by atoms with E-state index in [1.54, 1.807) is 12.1 Å². The van der Waals surface area contributed by atoms with Crippen molar-refractivity contribution < 1.29 is 9.18 Å². The number of hydrogen-bond acceptors (Lipinski definition) is 5. The number of rotatable bonds is 7. The number of anilines is 1. The Labute approximate surface area is 188 Å². The third-order valence-electron chi connectivity index (χ3n) is 4.67. The van der Waals surface area contributed by atoms with Crippen molar-refractivity contribution in [1.82, 2.24) is 19.7 Å². The molecule has 30 heavy (non-hydrogen) atoms. The van der Waals surface area contributed by atoms with Gasteiger partial charge in [0.25, 0.3) is 0 Å². The molecule has 9 heteroatoms. The zero-order valence-corrected chi connectivity index (χ0v) is 19.6. The van der Waals surface area contributed by atoms with Crippen LogP contribution < -0.4 is 5.32 Å². The number of aromatic nitrogens is 3. The largest absolute Gasteiger partial charge is 0.325 e. The number of carbonyl (C=O) groups is 1. The summed E-state index contributed by atoms with van der Waals surface area (Å²) in [4.78, 5) is 14.5. The van der Waals surface area contributed by atoms with Crippen LogP contribution in [0.1, 0.15) is 24.4 Å². The SMILES string of the molecule is Cc1cc(NC(=O)CSc2nnc([C@H](C)N(C)C)n2-c2ccc(F)cc2)ccc1Br. The van der Waals surface area contributed by atoms with Gasteiger partial charge in [0.2, 0.25) is 5.91 Å². The van der Waals surface area contributed by atoms with Crippen LogP contribution in [0.4, 0.5) is 10.1 Å². The topological polar surface area (TPSA) is 63.1 Å². The van der Waals surface area contributed by atoms with Crippen molar-refractivity contribution >= 4 is 39.3 Å². The normalized spacial score (nSPS) is 12.2. The molecule has 1 aromatic heterocycles. The van der Waals surface area contributed by atoms with E-state index in [1.165, 1.54) is 23.9 Å². The lowest BCUT2D eigenvalue weighted by Crippen LogP contribution is -2.21. The average Bonchev–Trinajstić information content (AvgIpc) is 3.13. The molecule has 0 aliphatic rings. The van der Waals surface area contributed by atoms with Crippen LogP contribution in [0.15, 0.2) is 52.1 Å². The highest BCUT2D eigenvalue weighted by Gasteiger charge is 2.21. The summed E-state index contributed by atoms with van der Waals surface area (Å²) < 4.78 is 16.3. The van der Waals surface area contributed by atoms with E-state index in [9.17, 15) is 9.18 Å². The Morgan fingerprint density at radius 2 is 1.93 bits per heavy atom. The number of aryl methyl sites for hydroxylation is 1. The van der Waals surface area contributed by atoms with Gasteiger partial charge in [-0.1, -0.05) is 27.7 Å². The second kappa shape index (κ2) is 9.72. The number of benzene rings is 2. The molecule has 3 rings (SSSR count). The maximum absolute atomic E-state index is 13.4. The lowest BCUT2D eigenvalue weighted by atomic mass is 10.2. The zero-order valence-electron chi connectivity index (χ0n) is 17.2. The molecule has 3 aromatic rings. The molecule has 6 nitrogen and oxygen atoms in total. The number of nitrogens with one attached hydrogen (secondary N) is 1. The van der Waals surface area contributed by atoms with Crippen LogP contribution in [0.3, 0.4) is 0 Å². The molecule has 0 saturated heterocycles. The summed E-state index contributed by atoms with van der Waals surface area (Å²) in [5.41, 5.74) is 2.53. The van der Waals surface area contributed by atoms with Gasteiger partial charge in [-0.25, -0.2) is 4.39 Å². The van der Waals surface area contributed by atoms with Crippen molar-refractivity contribution in [2.24, 2.45) is 0 Å². The quantitative estimate of drug-likeness (QED) is 0.479. The highest BCUT2D eigenvalue weighted by molar-refractivity contribution is 9.10. The van der Waals surface area contributed by atoms with E-state index in [-0.39, 0.29) is 23.5 Å². The van der Waals surface area contributed by atoms with E-state index in [0.717, 1.165) is 27.2 Å². The molecule has 1 heterocycles. The van der Waals surface area contributed by atoms with E-state index < -0.39 is 0 Å². The van der Waals surface area contributed by atoms with Crippen molar-refractivity contribution in [2.45, 2.75) is 25.0 Å². The fourth-order valence-corrected chi connectivity index (χ4v) is 3.76. The predicted octanol–water partition coefficient (Wildman–Crippen LogP) is 4.83. The van der Waals surface area contributed by atoms with Gasteiger partial charge in [0.15, 0.2) is 11.0 Å². The zero-order chi connectivity index (χ0) is 21.8. The first-order valence-corrected chi connectivity index (χ1v) is 11.1. The Morgan fingerprint density at radius 3 is 2.57 bits per heavy atom. The van der Waals surface area contributed by atoms with Gasteiger partial charge >= 0.3 is 0 Å². The van der Waals surface area contributed by atoms with Crippen LogP contribution in [0.25, 0.3) is 5.69 Å². The first kappa shape index (κ1) is 22.5. The van der Waals surface area contributed by atoms with E-state index in [1.807, 2.05) is 55.6 Å². The summed E-state index contributed by atoms with van der Waals surface area (Å²) in [5, 5.41) is 12.1. The lowest BCUT2D eigenvalue weighted by molar-refractivity contribution is -0.113. The van der Waals surface area contributed by atoms with Crippen molar-refractivity contribution in [3.8, 4) is 5.69 Å². The van der Waals surface area contributed by atoms with Gasteiger partial charge in [0.05, 0.1) is 11.8 Å². The number of hydrogen-bond donors (Lipinski definition) is 1. The Morgan fingerprint density at radius 1 is 1.23 bits per heavy atom. The molecule has 1 atom stereocenters. The minimum absolute atomic E-state index is 0.0172. The first-order chi connectivity index (χ1) is 14.3. The summed E-state index contributed by atoms with van der Waals surface area (Å²) >= 11 is 4.74. The Balaban J connectivity index is 1.80. The smallest absolute Gasteiger partial charge is 0.234 e. The summed E-state index contributed by atoms with van der Waals surface area (Å²) in [6.45, 7) is 3.98. The minimum Gasteiger partial charge on any atom is -0.325 e. The van der Waals surface area contributed by atoms with Gasteiger partial charge in [0.1, 0.15) is 5.82 Å². The monoisotopic (exact) mass is 491 g/mol. The highest BCUT2D eigenvalue weighted by Crippen LogP contribution is 2.27. The van der Waals surface area contributed by atoms with Crippen LogP contribution >= 0.6 is 27.7 Å². The number of amides is 1. The fourth-order valence-electron chi connectivity index (χ4n) is 2.76. The first-order valence-electron chi connectivity index (χ1n) is 9.32. The Kier molecular flexibility index (Phi) is 7.27. The molecule has 0 radical (unpaired) electrons. The van der Waals surface area contributed by atoms with Gasteiger partial charge in [-0.15, -0.1) is 10.2 Å². The number of thioether (sulfide) groups is 1. The van der Waals surface area contributed by atoms with E-state index in [4.69, 9.17) is 0 Å². The number of halogens is 2. The van der Waals surface area contributed by atoms with Crippen LogP contribution in [0.2, 0.25) is 0 Å². The number of nitrogens with zero attached hydrogens (tertiary/aromatic N) is 4. The molecular weight excluding hydrogens is 469 g/mol. The third-order valence-corrected chi connectivity index (χ3v) is 6.48. The molecule has 0 spiro atoms. The molecule has 0 bridgehead atoms. The summed E-state index contributed by atoms with van der Waals surface area (Å²) in [5.74, 6) is 0.438. The molecule has 1 amide bonds. The van der Waals surface area contributed by atoms with Crippen molar-refractivity contribution in [2.75, 3.05) is 25.2 Å². The summed E-state index contributed by atoms with van der Waals surface area (Å²) in [6.07, 6.45) is 0. The molecule has 158 valence electrons. The van der Waals surface area contributed by atoms with E-state index in [0.29, 0.717) is 5.16 Å². The fraction of sp³-hybridized carbons (Fsp3) is 0.286. The van der Waals surface area contributed by atoms with Gasteiger partial charge in [-0.2, -0.15) is 0 Å². The van der Waals surface area contributed by atoms with E-state index in [2.05, 4.69) is 31.4 Å². The average molecular weight is 492 g/mol. The minimum atomic E-state index is -0.313. The van der Waals surface area contributed by atoms with Gasteiger partial charge < -0.3 is 5.32 Å². The van der Waals surface area contributed by atoms with Crippen LogP contribution in [0, 0.1) is 12.7 Å². The predicted molar refractivity (Wildman–Crippen MR) is 122 cm³/mol. The molecule has 0 aliphatic carbocycles. The molecule has 1 N–H and O–H groups in total. The van der Waals surface area contributed by atoms with Crippen LogP contribution in [-0.4, -0.2) is 45.4 Å².